The zero-order valence-corrected chi connectivity index (χ0v) is 32.6. The van der Waals surface area contributed by atoms with Crippen molar-refractivity contribution in [2.45, 2.75) is 59.4 Å². The number of hydrogen-bond donors (Lipinski definition) is 0. The van der Waals surface area contributed by atoms with E-state index in [1.165, 1.54) is 45.8 Å². The van der Waals surface area contributed by atoms with Gasteiger partial charge in [-0.25, -0.2) is 0 Å². The van der Waals surface area contributed by atoms with E-state index in [0.29, 0.717) is 0 Å². The maximum Gasteiger partial charge on any atom is 0.0566 e. The van der Waals surface area contributed by atoms with Crippen LogP contribution >= 0.6 is 0 Å². The molecule has 8 rings (SSSR count). The van der Waals surface area contributed by atoms with Crippen molar-refractivity contribution in [3.8, 4) is 0 Å². The third-order valence-corrected chi connectivity index (χ3v) is 11.3. The minimum absolute atomic E-state index is 0.257. The van der Waals surface area contributed by atoms with Gasteiger partial charge in [-0.3, -0.25) is 0 Å². The standard InChI is InChI=1S/C50H53N3O2/c1-4-50(36-55-37-50)35-54-30-14-6-5-13-29-51-48-27-25-44(52(40-19-9-7-10-20-40)42-23-15-17-38(2)31-42)33-46(48)47-34-45(26-28-49(47)51)53(41-21-11-8-12-22-41)43-24-16-18-39(3)32-43/h7-12,15-28,31-34H,4-6,13-14,29-30,35-37H2,1-3H3. The van der Waals surface area contributed by atoms with Gasteiger partial charge in [0.25, 0.3) is 0 Å². The molecule has 0 radical (unpaired) electrons. The summed E-state index contributed by atoms with van der Waals surface area (Å²) in [5, 5.41) is 2.52. The molecule has 55 heavy (non-hydrogen) atoms. The van der Waals surface area contributed by atoms with E-state index in [1.54, 1.807) is 0 Å². The quantitative estimate of drug-likeness (QED) is 0.0927. The van der Waals surface area contributed by atoms with E-state index in [2.05, 4.69) is 181 Å². The first-order chi connectivity index (χ1) is 27.0. The molecule has 6 aromatic carbocycles. The number of fused-ring (bicyclic) bond motifs is 3. The van der Waals surface area contributed by atoms with Gasteiger partial charge in [0.15, 0.2) is 0 Å². The number of aryl methyl sites for hydroxylation is 3. The van der Waals surface area contributed by atoms with Crippen molar-refractivity contribution in [3.05, 3.63) is 157 Å². The summed E-state index contributed by atoms with van der Waals surface area (Å²) in [6.45, 7) is 10.9. The van der Waals surface area contributed by atoms with Gasteiger partial charge in [-0.05, 0) is 129 Å². The van der Waals surface area contributed by atoms with Gasteiger partial charge in [-0.2, -0.15) is 0 Å². The Labute approximate surface area is 326 Å². The van der Waals surface area contributed by atoms with E-state index in [-0.39, 0.29) is 5.41 Å². The van der Waals surface area contributed by atoms with E-state index in [9.17, 15) is 0 Å². The normalized spacial score (nSPS) is 13.6. The van der Waals surface area contributed by atoms with Gasteiger partial charge in [0, 0.05) is 74.5 Å². The van der Waals surface area contributed by atoms with E-state index in [0.717, 1.165) is 86.4 Å². The van der Waals surface area contributed by atoms with Gasteiger partial charge >= 0.3 is 0 Å². The first-order valence-electron chi connectivity index (χ1n) is 20.1. The molecule has 0 N–H and O–H groups in total. The fraction of sp³-hybridized carbons (Fsp3) is 0.280. The Kier molecular flexibility index (Phi) is 11.0. The maximum absolute atomic E-state index is 6.11. The zero-order valence-electron chi connectivity index (χ0n) is 32.6. The molecule has 0 amide bonds. The molecule has 0 bridgehead atoms. The number of ether oxygens (including phenoxy) is 2. The number of benzene rings is 6. The third-order valence-electron chi connectivity index (χ3n) is 11.3. The van der Waals surface area contributed by atoms with Crippen LogP contribution in [-0.4, -0.2) is 31.0 Å². The average Bonchev–Trinajstić information content (AvgIpc) is 3.50. The second kappa shape index (κ2) is 16.6. The van der Waals surface area contributed by atoms with E-state index < -0.39 is 0 Å². The maximum atomic E-state index is 6.11. The highest BCUT2D eigenvalue weighted by Gasteiger charge is 2.36. The van der Waals surface area contributed by atoms with Gasteiger partial charge in [0.2, 0.25) is 0 Å². The fourth-order valence-corrected chi connectivity index (χ4v) is 8.08. The van der Waals surface area contributed by atoms with Gasteiger partial charge in [0.05, 0.1) is 19.8 Å². The Bertz CT molecular complexity index is 2190. The van der Waals surface area contributed by atoms with Gasteiger partial charge in [-0.1, -0.05) is 80.4 Å². The summed E-state index contributed by atoms with van der Waals surface area (Å²) >= 11 is 0. The second-order valence-corrected chi connectivity index (χ2v) is 15.4. The van der Waals surface area contributed by atoms with Crippen LogP contribution in [0.3, 0.4) is 0 Å². The molecule has 0 unspecified atom stereocenters. The van der Waals surface area contributed by atoms with Crippen molar-refractivity contribution in [3.63, 3.8) is 0 Å². The Morgan fingerprint density at radius 1 is 0.545 bits per heavy atom. The van der Waals surface area contributed by atoms with Gasteiger partial charge in [-0.15, -0.1) is 0 Å². The summed E-state index contributed by atoms with van der Waals surface area (Å²) in [5.41, 5.74) is 12.1. The first kappa shape index (κ1) is 36.6. The highest BCUT2D eigenvalue weighted by molar-refractivity contribution is 6.11. The Balaban J connectivity index is 1.16. The number of hydrogen-bond acceptors (Lipinski definition) is 4. The molecule has 1 saturated heterocycles. The van der Waals surface area contributed by atoms with Gasteiger partial charge < -0.3 is 23.8 Å². The summed E-state index contributed by atoms with van der Waals surface area (Å²) < 4.78 is 14.1. The fourth-order valence-electron chi connectivity index (χ4n) is 8.08. The van der Waals surface area contributed by atoms with Crippen LogP contribution in [-0.2, 0) is 16.0 Å². The molecule has 1 fully saturated rings. The predicted molar refractivity (Wildman–Crippen MR) is 231 cm³/mol. The minimum Gasteiger partial charge on any atom is -0.381 e. The van der Waals surface area contributed by atoms with Crippen LogP contribution in [0.5, 0.6) is 0 Å². The van der Waals surface area contributed by atoms with Crippen LogP contribution in [0.1, 0.15) is 50.2 Å². The smallest absolute Gasteiger partial charge is 0.0566 e. The molecule has 0 aliphatic carbocycles. The Hall–Kier alpha value is -5.36. The highest BCUT2D eigenvalue weighted by Crippen LogP contribution is 2.42. The Morgan fingerprint density at radius 3 is 1.51 bits per heavy atom. The summed E-state index contributed by atoms with van der Waals surface area (Å²) in [5.74, 6) is 0. The largest absolute Gasteiger partial charge is 0.381 e. The monoisotopic (exact) mass is 727 g/mol. The van der Waals surface area contributed by atoms with Crippen molar-refractivity contribution < 1.29 is 9.47 Å². The third kappa shape index (κ3) is 7.91. The number of nitrogens with zero attached hydrogens (tertiary/aromatic N) is 3. The van der Waals surface area contributed by atoms with Crippen molar-refractivity contribution in [2.75, 3.05) is 36.2 Å². The molecular weight excluding hydrogens is 675 g/mol. The number of unbranched alkanes of at least 4 members (excludes halogenated alkanes) is 3. The van der Waals surface area contributed by atoms with Crippen LogP contribution in [0, 0.1) is 19.3 Å². The van der Waals surface area contributed by atoms with E-state index in [4.69, 9.17) is 9.47 Å². The minimum atomic E-state index is 0.257. The topological polar surface area (TPSA) is 29.9 Å². The summed E-state index contributed by atoms with van der Waals surface area (Å²) in [6.07, 6.45) is 5.69. The molecule has 2 heterocycles. The number of anilines is 6. The molecule has 0 spiro atoms. The van der Waals surface area contributed by atoms with Crippen molar-refractivity contribution >= 4 is 55.9 Å². The molecule has 1 aliphatic rings. The number of aromatic nitrogens is 1. The SMILES string of the molecule is CCC1(COCCCCCCn2c3ccc(N(c4ccccc4)c4cccc(C)c4)cc3c3cc(N(c4ccccc4)c4cccc(C)c4)ccc32)COC1. The Morgan fingerprint density at radius 2 is 1.04 bits per heavy atom. The van der Waals surface area contributed by atoms with Crippen LogP contribution in [0.4, 0.5) is 34.1 Å². The molecule has 7 aromatic rings. The van der Waals surface area contributed by atoms with Crippen molar-refractivity contribution in [1.82, 2.24) is 4.57 Å². The molecule has 5 nitrogen and oxygen atoms in total. The first-order valence-corrected chi connectivity index (χ1v) is 20.1. The molecule has 0 saturated carbocycles. The molecule has 280 valence electrons. The molecule has 1 aliphatic heterocycles. The summed E-state index contributed by atoms with van der Waals surface area (Å²) in [4.78, 5) is 4.76. The van der Waals surface area contributed by atoms with Crippen LogP contribution < -0.4 is 9.80 Å². The van der Waals surface area contributed by atoms with Crippen molar-refractivity contribution in [1.29, 1.82) is 0 Å². The van der Waals surface area contributed by atoms with E-state index >= 15 is 0 Å². The zero-order chi connectivity index (χ0) is 37.6. The van der Waals surface area contributed by atoms with Crippen LogP contribution in [0.2, 0.25) is 0 Å². The lowest BCUT2D eigenvalue weighted by molar-refractivity contribution is -0.150. The molecular formula is C50H53N3O2. The average molecular weight is 728 g/mol. The van der Waals surface area contributed by atoms with Crippen LogP contribution in [0.25, 0.3) is 21.8 Å². The van der Waals surface area contributed by atoms with E-state index in [1.807, 2.05) is 0 Å². The highest BCUT2D eigenvalue weighted by atomic mass is 16.5. The molecule has 0 atom stereocenters. The summed E-state index contributed by atoms with van der Waals surface area (Å²) in [7, 11) is 0. The molecule has 5 heteroatoms. The number of para-hydroxylation sites is 2. The lowest BCUT2D eigenvalue weighted by Crippen LogP contribution is -2.45. The van der Waals surface area contributed by atoms with Crippen LogP contribution in [0.15, 0.2) is 146 Å². The lowest BCUT2D eigenvalue weighted by Gasteiger charge is -2.40. The van der Waals surface area contributed by atoms with Gasteiger partial charge in [0.1, 0.15) is 0 Å². The predicted octanol–water partition coefficient (Wildman–Crippen LogP) is 13.4. The van der Waals surface area contributed by atoms with Crippen molar-refractivity contribution in [2.24, 2.45) is 5.41 Å². The summed E-state index contributed by atoms with van der Waals surface area (Å²) in [6, 6.07) is 53.1. The molecule has 1 aromatic heterocycles. The lowest BCUT2D eigenvalue weighted by atomic mass is 9.84. The second-order valence-electron chi connectivity index (χ2n) is 15.4. The number of rotatable bonds is 16.